The number of allylic oxidation sites excluding steroid dienone is 1. The summed E-state index contributed by atoms with van der Waals surface area (Å²) in [4.78, 5) is 38.4. The van der Waals surface area contributed by atoms with E-state index in [9.17, 15) is 37.4 Å². The summed E-state index contributed by atoms with van der Waals surface area (Å²) in [6, 6.07) is 5.55. The number of aliphatic hydroxyl groups is 1. The lowest BCUT2D eigenvalue weighted by Crippen LogP contribution is -2.54. The molecule has 0 saturated heterocycles. The van der Waals surface area contributed by atoms with Crippen LogP contribution >= 0.6 is 0 Å². The molecule has 0 aliphatic heterocycles. The van der Waals surface area contributed by atoms with Crippen molar-refractivity contribution < 1.29 is 46.9 Å². The molecule has 10 nitrogen and oxygen atoms in total. The number of ether oxygens (including phenoxy) is 2. The predicted molar refractivity (Wildman–Crippen MR) is 181 cm³/mol. The molecular weight excluding hydrogens is 629 g/mol. The highest BCUT2D eigenvalue weighted by Crippen LogP contribution is 2.27. The van der Waals surface area contributed by atoms with E-state index in [1.165, 1.54) is 13.2 Å². The number of esters is 1. The Balaban J connectivity index is 2.84. The standard InChI is InChI=1S/C35H56FNO9S/c1-4-6-7-11-14-25-47(43,44)26-15-12-9-8-10-13-17-30(35(42,22-5-2)34(40)41)32(38)37-31(33(39)45-3)27-28-18-20-29(21-19-28)46-24-16-23-36/h13,17-21,30-31,42H,4-12,14-16,22-27H2,1-3H3,(H,37,38)(H,40,41)/t30-,31+,35+/m1/s1. The van der Waals surface area contributed by atoms with Crippen LogP contribution in [0.3, 0.4) is 0 Å². The topological polar surface area (TPSA) is 156 Å². The second-order valence-electron chi connectivity index (χ2n) is 12.0. The summed E-state index contributed by atoms with van der Waals surface area (Å²) in [5, 5.41) is 23.7. The average Bonchev–Trinajstić information content (AvgIpc) is 3.04. The van der Waals surface area contributed by atoms with E-state index in [4.69, 9.17) is 9.47 Å². The number of amides is 1. The highest BCUT2D eigenvalue weighted by atomic mass is 32.2. The first-order chi connectivity index (χ1) is 22.4. The molecule has 12 heteroatoms. The molecule has 0 heterocycles. The molecule has 0 aliphatic rings. The van der Waals surface area contributed by atoms with Gasteiger partial charge in [-0.3, -0.25) is 9.18 Å². The van der Waals surface area contributed by atoms with Crippen LogP contribution in [-0.2, 0) is 35.4 Å². The van der Waals surface area contributed by atoms with Gasteiger partial charge in [-0.05, 0) is 49.8 Å². The van der Waals surface area contributed by atoms with Crippen LogP contribution in [0.25, 0.3) is 0 Å². The van der Waals surface area contributed by atoms with Crippen LogP contribution in [0.15, 0.2) is 36.4 Å². The van der Waals surface area contributed by atoms with Gasteiger partial charge in [-0.2, -0.15) is 0 Å². The van der Waals surface area contributed by atoms with Gasteiger partial charge < -0.3 is 25.0 Å². The number of carboxylic acid groups (broad SMARTS) is 1. The van der Waals surface area contributed by atoms with Gasteiger partial charge in [0, 0.05) is 12.8 Å². The number of sulfone groups is 1. The lowest BCUT2D eigenvalue weighted by Gasteiger charge is -2.30. The van der Waals surface area contributed by atoms with Gasteiger partial charge in [0.1, 0.15) is 21.6 Å². The van der Waals surface area contributed by atoms with Gasteiger partial charge in [-0.15, -0.1) is 0 Å². The van der Waals surface area contributed by atoms with E-state index < -0.39 is 51.9 Å². The van der Waals surface area contributed by atoms with Crippen molar-refractivity contribution in [3.8, 4) is 5.75 Å². The first kappa shape index (κ1) is 42.0. The lowest BCUT2D eigenvalue weighted by molar-refractivity contribution is -0.167. The van der Waals surface area contributed by atoms with Gasteiger partial charge in [0.15, 0.2) is 5.60 Å². The Hall–Kier alpha value is -2.99. The first-order valence-electron chi connectivity index (χ1n) is 16.9. The van der Waals surface area contributed by atoms with E-state index >= 15 is 0 Å². The molecule has 47 heavy (non-hydrogen) atoms. The summed E-state index contributed by atoms with van der Waals surface area (Å²) in [5.74, 6) is -3.68. The van der Waals surface area contributed by atoms with Gasteiger partial charge >= 0.3 is 11.9 Å². The number of methoxy groups -OCH3 is 1. The minimum absolute atomic E-state index is 0.0352. The Bertz CT molecular complexity index is 1190. The molecule has 268 valence electrons. The molecule has 1 aromatic carbocycles. The number of unbranched alkanes of at least 4 members (excludes halogenated alkanes) is 8. The van der Waals surface area contributed by atoms with Crippen molar-refractivity contribution in [2.24, 2.45) is 5.92 Å². The fourth-order valence-electron chi connectivity index (χ4n) is 5.24. The minimum atomic E-state index is -3.05. The second kappa shape index (κ2) is 23.4. The van der Waals surface area contributed by atoms with Gasteiger partial charge in [0.2, 0.25) is 5.91 Å². The third-order valence-electron chi connectivity index (χ3n) is 7.97. The van der Waals surface area contributed by atoms with Crippen LogP contribution in [0.5, 0.6) is 5.75 Å². The Kier molecular flexibility index (Phi) is 20.9. The van der Waals surface area contributed by atoms with Crippen LogP contribution in [-0.4, -0.2) is 80.0 Å². The van der Waals surface area contributed by atoms with Gasteiger partial charge in [-0.1, -0.05) is 83.1 Å². The molecule has 0 fully saturated rings. The van der Waals surface area contributed by atoms with Crippen molar-refractivity contribution in [3.63, 3.8) is 0 Å². The van der Waals surface area contributed by atoms with Crippen LogP contribution in [0.4, 0.5) is 4.39 Å². The first-order valence-corrected chi connectivity index (χ1v) is 18.7. The zero-order valence-electron chi connectivity index (χ0n) is 28.4. The third kappa shape index (κ3) is 16.6. The molecule has 0 radical (unpaired) electrons. The van der Waals surface area contributed by atoms with Crippen molar-refractivity contribution in [2.45, 2.75) is 115 Å². The summed E-state index contributed by atoms with van der Waals surface area (Å²) in [5.41, 5.74) is -1.74. The largest absolute Gasteiger partial charge is 0.494 e. The fraction of sp³-hybridized carbons (Fsp3) is 0.686. The molecule has 0 bridgehead atoms. The fourth-order valence-corrected chi connectivity index (χ4v) is 6.73. The monoisotopic (exact) mass is 685 g/mol. The number of hydrogen-bond donors (Lipinski definition) is 3. The second-order valence-corrected chi connectivity index (χ2v) is 14.3. The van der Waals surface area contributed by atoms with Crippen molar-refractivity contribution in [1.82, 2.24) is 5.32 Å². The number of hydrogen-bond acceptors (Lipinski definition) is 8. The van der Waals surface area contributed by atoms with Crippen molar-refractivity contribution in [3.05, 3.63) is 42.0 Å². The summed E-state index contributed by atoms with van der Waals surface area (Å²) in [7, 11) is -1.88. The Labute approximate surface area is 280 Å². The van der Waals surface area contributed by atoms with Gasteiger partial charge in [0.05, 0.1) is 37.8 Å². The maximum atomic E-state index is 13.5. The normalized spacial score (nSPS) is 14.3. The van der Waals surface area contributed by atoms with E-state index in [0.29, 0.717) is 43.4 Å². The molecule has 0 aromatic heterocycles. The van der Waals surface area contributed by atoms with E-state index in [2.05, 4.69) is 12.2 Å². The molecule has 0 spiro atoms. The van der Waals surface area contributed by atoms with Crippen molar-refractivity contribution in [1.29, 1.82) is 0 Å². The summed E-state index contributed by atoms with van der Waals surface area (Å²) in [6.45, 7) is 3.55. The molecule has 1 amide bonds. The molecule has 0 aliphatic carbocycles. The van der Waals surface area contributed by atoms with Crippen molar-refractivity contribution in [2.75, 3.05) is 31.9 Å². The summed E-state index contributed by atoms with van der Waals surface area (Å²) in [6.07, 6.45) is 11.6. The maximum Gasteiger partial charge on any atom is 0.336 e. The zero-order chi connectivity index (χ0) is 35.1. The van der Waals surface area contributed by atoms with E-state index in [1.807, 2.05) is 0 Å². The third-order valence-corrected chi connectivity index (χ3v) is 9.80. The quantitative estimate of drug-likeness (QED) is 0.0596. The summed E-state index contributed by atoms with van der Waals surface area (Å²) >= 11 is 0. The average molecular weight is 686 g/mol. The predicted octanol–water partition coefficient (Wildman–Crippen LogP) is 5.75. The van der Waals surface area contributed by atoms with E-state index in [1.54, 1.807) is 37.3 Å². The number of carbonyl (C=O) groups is 3. The highest BCUT2D eigenvalue weighted by Gasteiger charge is 2.46. The number of benzene rings is 1. The van der Waals surface area contributed by atoms with Crippen LogP contribution in [0, 0.1) is 5.92 Å². The maximum absolute atomic E-state index is 13.5. The summed E-state index contributed by atoms with van der Waals surface area (Å²) < 4.78 is 47.2. The number of nitrogens with one attached hydrogen (secondary N) is 1. The van der Waals surface area contributed by atoms with Crippen LogP contribution in [0.2, 0.25) is 0 Å². The molecule has 3 N–H and O–H groups in total. The number of alkyl halides is 1. The Morgan fingerprint density at radius 3 is 2.11 bits per heavy atom. The van der Waals surface area contributed by atoms with E-state index in [0.717, 1.165) is 38.5 Å². The molecule has 0 unspecified atom stereocenters. The molecule has 0 saturated carbocycles. The molecule has 1 rings (SSSR count). The molecule has 3 atom stereocenters. The Morgan fingerprint density at radius 2 is 1.55 bits per heavy atom. The van der Waals surface area contributed by atoms with Gasteiger partial charge in [-0.25, -0.2) is 18.0 Å². The number of rotatable bonds is 27. The lowest BCUT2D eigenvalue weighted by atomic mass is 9.82. The highest BCUT2D eigenvalue weighted by molar-refractivity contribution is 7.91. The van der Waals surface area contributed by atoms with Gasteiger partial charge in [0.25, 0.3) is 0 Å². The Morgan fingerprint density at radius 1 is 0.936 bits per heavy atom. The van der Waals surface area contributed by atoms with Crippen molar-refractivity contribution >= 4 is 27.7 Å². The van der Waals surface area contributed by atoms with E-state index in [-0.39, 0.29) is 37.4 Å². The zero-order valence-corrected chi connectivity index (χ0v) is 29.2. The van der Waals surface area contributed by atoms with Crippen LogP contribution < -0.4 is 10.1 Å². The number of carbonyl (C=O) groups excluding carboxylic acids is 2. The number of aliphatic carboxylic acids is 1. The number of carboxylic acids is 1. The molecular formula is C35H56FNO9S. The smallest absolute Gasteiger partial charge is 0.336 e. The minimum Gasteiger partial charge on any atom is -0.494 e. The molecule has 1 aromatic rings. The SMILES string of the molecule is CCCCCCCS(=O)(=O)CCCCCCC=C[C@H](C(=O)N[C@@H](Cc1ccc(OCCCF)cc1)C(=O)OC)[C@@](O)(CCC)C(=O)O. The van der Waals surface area contributed by atoms with Crippen LogP contribution in [0.1, 0.15) is 103 Å². The number of halogens is 1.